The molecule has 1 saturated heterocycles. The van der Waals surface area contributed by atoms with Crippen LogP contribution in [0, 0.1) is 15.5 Å². The molecule has 1 heterocycles. The second-order valence-corrected chi connectivity index (χ2v) is 3.44. The molecule has 0 aromatic carbocycles. The van der Waals surface area contributed by atoms with Crippen molar-refractivity contribution in [3.63, 3.8) is 0 Å². The van der Waals surface area contributed by atoms with Gasteiger partial charge in [0.2, 0.25) is 5.70 Å². The molecule has 5 heteroatoms. The molecule has 0 aliphatic carbocycles. The molecule has 0 aromatic rings. The van der Waals surface area contributed by atoms with Gasteiger partial charge in [0.15, 0.2) is 0 Å². The first-order valence-electron chi connectivity index (χ1n) is 4.53. The summed E-state index contributed by atoms with van der Waals surface area (Å²) in [6.45, 7) is 3.58. The summed E-state index contributed by atoms with van der Waals surface area (Å²) in [5, 5.41) is 10.4. The van der Waals surface area contributed by atoms with Crippen LogP contribution in [-0.4, -0.2) is 17.5 Å². The highest BCUT2D eigenvalue weighted by Crippen LogP contribution is 2.36. The fourth-order valence-corrected chi connectivity index (χ4v) is 1.58. The molecule has 0 amide bonds. The number of esters is 1. The lowest BCUT2D eigenvalue weighted by Gasteiger charge is -2.16. The first-order valence-corrected chi connectivity index (χ1v) is 4.53. The predicted molar refractivity (Wildman–Crippen MR) is 49.1 cm³/mol. The number of cyclic esters (lactones) is 1. The van der Waals surface area contributed by atoms with Gasteiger partial charge in [0.1, 0.15) is 0 Å². The molecule has 1 atom stereocenters. The van der Waals surface area contributed by atoms with Gasteiger partial charge in [0.25, 0.3) is 0 Å². The number of ether oxygens (including phenoxy) is 1. The van der Waals surface area contributed by atoms with Gasteiger partial charge in [0.05, 0.1) is 16.9 Å². The average Bonchev–Trinajstić information content (AvgIpc) is 2.48. The van der Waals surface area contributed by atoms with Crippen LogP contribution in [0.4, 0.5) is 0 Å². The van der Waals surface area contributed by atoms with Gasteiger partial charge >= 0.3 is 5.97 Å². The summed E-state index contributed by atoms with van der Waals surface area (Å²) in [5.41, 5.74) is -0.761. The van der Waals surface area contributed by atoms with Crippen molar-refractivity contribution >= 4 is 5.97 Å². The third-order valence-corrected chi connectivity index (χ3v) is 2.59. The highest BCUT2D eigenvalue weighted by atomic mass is 16.6. The summed E-state index contributed by atoms with van der Waals surface area (Å²) in [6.07, 6.45) is 2.49. The summed E-state index contributed by atoms with van der Waals surface area (Å²) in [7, 11) is 0. The number of allylic oxidation sites excluding steroid dienone is 1. The van der Waals surface area contributed by atoms with Crippen molar-refractivity contribution in [3.05, 3.63) is 21.9 Å². The number of nitrogens with zero attached hydrogens (tertiary/aromatic N) is 1. The minimum absolute atomic E-state index is 0.00528. The van der Waals surface area contributed by atoms with Crippen LogP contribution < -0.4 is 0 Å². The number of carbonyl (C=O) groups excluding carboxylic acids is 1. The summed E-state index contributed by atoms with van der Waals surface area (Å²) in [4.78, 5) is 21.3. The molecule has 0 radical (unpaired) electrons. The normalized spacial score (nSPS) is 27.6. The fourth-order valence-electron chi connectivity index (χ4n) is 1.58. The smallest absolute Gasteiger partial charge is 0.316 e. The molecule has 0 aromatic heterocycles. The Hall–Kier alpha value is -1.39. The van der Waals surface area contributed by atoms with Crippen LogP contribution in [0.2, 0.25) is 0 Å². The standard InChI is InChI=1S/C9H13NO4/c1-3-9(4-5-14-8(9)11)6-7(2)10(12)13/h6H,3-5H2,1-2H3/b7-6+/t9-/m0/s1. The zero-order chi connectivity index (χ0) is 10.8. The molecule has 0 spiro atoms. The predicted octanol–water partition coefficient (Wildman–Crippen LogP) is 1.51. The highest BCUT2D eigenvalue weighted by molar-refractivity contribution is 5.80. The van der Waals surface area contributed by atoms with Gasteiger partial charge in [-0.1, -0.05) is 6.92 Å². The topological polar surface area (TPSA) is 69.4 Å². The third-order valence-electron chi connectivity index (χ3n) is 2.59. The Morgan fingerprint density at radius 1 is 1.79 bits per heavy atom. The molecule has 1 fully saturated rings. The molecular weight excluding hydrogens is 186 g/mol. The van der Waals surface area contributed by atoms with Crippen LogP contribution in [-0.2, 0) is 9.53 Å². The molecule has 14 heavy (non-hydrogen) atoms. The first kappa shape index (κ1) is 10.7. The van der Waals surface area contributed by atoms with E-state index in [1.165, 1.54) is 13.0 Å². The van der Waals surface area contributed by atoms with Gasteiger partial charge in [-0.2, -0.15) is 0 Å². The van der Waals surface area contributed by atoms with E-state index >= 15 is 0 Å². The summed E-state index contributed by atoms with van der Waals surface area (Å²) in [5.74, 6) is -0.346. The number of carbonyl (C=O) groups is 1. The summed E-state index contributed by atoms with van der Waals surface area (Å²) in [6, 6.07) is 0. The lowest BCUT2D eigenvalue weighted by Crippen LogP contribution is -2.24. The zero-order valence-electron chi connectivity index (χ0n) is 8.28. The number of rotatable bonds is 3. The SMILES string of the molecule is CC[C@@]1(/C=C(\C)[N+](=O)[O-])CCOC1=O. The quantitative estimate of drug-likeness (QED) is 0.392. The Morgan fingerprint density at radius 3 is 2.79 bits per heavy atom. The fraction of sp³-hybridized carbons (Fsp3) is 0.667. The monoisotopic (exact) mass is 199 g/mol. The maximum absolute atomic E-state index is 11.4. The van der Waals surface area contributed by atoms with Gasteiger partial charge < -0.3 is 4.74 Å². The molecular formula is C9H13NO4. The van der Waals surface area contributed by atoms with Crippen LogP contribution in [0.5, 0.6) is 0 Å². The van der Waals surface area contributed by atoms with Crippen molar-refractivity contribution in [2.24, 2.45) is 5.41 Å². The largest absolute Gasteiger partial charge is 0.465 e. The summed E-state index contributed by atoms with van der Waals surface area (Å²) < 4.78 is 4.83. The number of nitro groups is 1. The van der Waals surface area contributed by atoms with E-state index in [2.05, 4.69) is 0 Å². The van der Waals surface area contributed by atoms with Gasteiger partial charge in [0, 0.05) is 19.4 Å². The van der Waals surface area contributed by atoms with Crippen molar-refractivity contribution in [1.82, 2.24) is 0 Å². The van der Waals surface area contributed by atoms with Crippen LogP contribution in [0.15, 0.2) is 11.8 Å². The maximum atomic E-state index is 11.4. The van der Waals surface area contributed by atoms with E-state index in [0.29, 0.717) is 19.4 Å². The van der Waals surface area contributed by atoms with E-state index < -0.39 is 10.3 Å². The van der Waals surface area contributed by atoms with E-state index in [4.69, 9.17) is 4.74 Å². The molecule has 1 aliphatic rings. The summed E-state index contributed by atoms with van der Waals surface area (Å²) >= 11 is 0. The van der Waals surface area contributed by atoms with Crippen molar-refractivity contribution in [1.29, 1.82) is 0 Å². The second-order valence-electron chi connectivity index (χ2n) is 3.44. The second kappa shape index (κ2) is 3.77. The molecule has 1 aliphatic heterocycles. The molecule has 5 nitrogen and oxygen atoms in total. The van der Waals surface area contributed by atoms with E-state index in [1.54, 1.807) is 0 Å². The Labute approximate surface area is 81.9 Å². The van der Waals surface area contributed by atoms with Crippen molar-refractivity contribution in [2.75, 3.05) is 6.61 Å². The lowest BCUT2D eigenvalue weighted by molar-refractivity contribution is -0.425. The van der Waals surface area contributed by atoms with Crippen molar-refractivity contribution in [3.8, 4) is 0 Å². The Balaban J connectivity index is 2.97. The maximum Gasteiger partial charge on any atom is 0.316 e. The average molecular weight is 199 g/mol. The van der Waals surface area contributed by atoms with Crippen LogP contribution in [0.3, 0.4) is 0 Å². The van der Waals surface area contributed by atoms with Crippen LogP contribution in [0.25, 0.3) is 0 Å². The minimum atomic E-state index is -0.767. The minimum Gasteiger partial charge on any atom is -0.465 e. The highest BCUT2D eigenvalue weighted by Gasteiger charge is 2.42. The number of hydrogen-bond donors (Lipinski definition) is 0. The third kappa shape index (κ3) is 1.76. The molecule has 78 valence electrons. The Kier molecular flexibility index (Phi) is 2.88. The van der Waals surface area contributed by atoms with Crippen LogP contribution in [0.1, 0.15) is 26.7 Å². The molecule has 0 N–H and O–H groups in total. The lowest BCUT2D eigenvalue weighted by atomic mass is 9.83. The number of hydrogen-bond acceptors (Lipinski definition) is 4. The zero-order valence-corrected chi connectivity index (χ0v) is 8.28. The van der Waals surface area contributed by atoms with Gasteiger partial charge in [-0.3, -0.25) is 14.9 Å². The molecule has 0 bridgehead atoms. The molecule has 0 saturated carbocycles. The van der Waals surface area contributed by atoms with Gasteiger partial charge in [-0.05, 0) is 6.42 Å². The van der Waals surface area contributed by atoms with Gasteiger partial charge in [-0.15, -0.1) is 0 Å². The molecule has 0 unspecified atom stereocenters. The van der Waals surface area contributed by atoms with E-state index in [0.717, 1.165) is 0 Å². The van der Waals surface area contributed by atoms with Crippen molar-refractivity contribution in [2.45, 2.75) is 26.7 Å². The van der Waals surface area contributed by atoms with Gasteiger partial charge in [-0.25, -0.2) is 0 Å². The first-order chi connectivity index (χ1) is 6.52. The molecule has 1 rings (SSSR count). The Morgan fingerprint density at radius 2 is 2.43 bits per heavy atom. The van der Waals surface area contributed by atoms with E-state index in [-0.39, 0.29) is 11.7 Å². The van der Waals surface area contributed by atoms with Crippen LogP contribution >= 0.6 is 0 Å². The Bertz CT molecular complexity index is 297. The van der Waals surface area contributed by atoms with E-state index in [9.17, 15) is 14.9 Å². The van der Waals surface area contributed by atoms with E-state index in [1.807, 2.05) is 6.92 Å². The van der Waals surface area contributed by atoms with Crippen molar-refractivity contribution < 1.29 is 14.5 Å².